The Morgan fingerprint density at radius 3 is 2.38 bits per heavy atom. The molecule has 1 saturated carbocycles. The van der Waals surface area contributed by atoms with Crippen LogP contribution in [0, 0.1) is 5.92 Å². The van der Waals surface area contributed by atoms with E-state index < -0.39 is 23.9 Å². The molecule has 0 bridgehead atoms. The number of rotatable bonds is 6. The van der Waals surface area contributed by atoms with Gasteiger partial charge in [-0.15, -0.1) is 0 Å². The topological polar surface area (TPSA) is 45.5 Å². The minimum Gasteiger partial charge on any atom is -0.393 e. The van der Waals surface area contributed by atoms with E-state index in [-0.39, 0.29) is 30.3 Å². The molecule has 0 aliphatic heterocycles. The van der Waals surface area contributed by atoms with Gasteiger partial charge in [-0.1, -0.05) is 60.5 Å². The third-order valence-electron chi connectivity index (χ3n) is 6.40. The highest BCUT2D eigenvalue weighted by molar-refractivity contribution is 6.30. The molecule has 0 unspecified atom stereocenters. The van der Waals surface area contributed by atoms with Crippen LogP contribution in [-0.4, -0.2) is 40.2 Å². The summed E-state index contributed by atoms with van der Waals surface area (Å²) in [5.41, 5.74) is 0.393. The van der Waals surface area contributed by atoms with Crippen LogP contribution in [0.25, 0.3) is 11.1 Å². The summed E-state index contributed by atoms with van der Waals surface area (Å²) in [6.45, 7) is 0.169. The maximum Gasteiger partial charge on any atom is 0.431 e. The van der Waals surface area contributed by atoms with Crippen molar-refractivity contribution in [2.24, 2.45) is 5.92 Å². The van der Waals surface area contributed by atoms with Gasteiger partial charge in [-0.3, -0.25) is 4.79 Å². The third kappa shape index (κ3) is 5.15. The summed E-state index contributed by atoms with van der Waals surface area (Å²) in [6.07, 6.45) is -2.85. The van der Waals surface area contributed by atoms with E-state index in [0.29, 0.717) is 22.6 Å². The van der Waals surface area contributed by atoms with Gasteiger partial charge < -0.3 is 14.6 Å². The van der Waals surface area contributed by atoms with E-state index in [2.05, 4.69) is 0 Å². The third-order valence-corrected chi connectivity index (χ3v) is 6.65. The number of benzene rings is 2. The second-order valence-corrected chi connectivity index (χ2v) is 9.25. The van der Waals surface area contributed by atoms with Crippen LogP contribution in [0.3, 0.4) is 0 Å². The highest BCUT2D eigenvalue weighted by atomic mass is 35.5. The Balaban J connectivity index is 1.84. The summed E-state index contributed by atoms with van der Waals surface area (Å²) in [7, 11) is 1.58. The Morgan fingerprint density at radius 1 is 1.12 bits per heavy atom. The Morgan fingerprint density at radius 2 is 1.79 bits per heavy atom. The van der Waals surface area contributed by atoms with Gasteiger partial charge in [0.05, 0.1) is 6.10 Å². The lowest BCUT2D eigenvalue weighted by atomic mass is 10.0. The van der Waals surface area contributed by atoms with E-state index in [0.717, 1.165) is 23.5 Å². The molecule has 1 aromatic heterocycles. The number of carbonyl (C=O) groups excluding carboxylic acids is 1. The summed E-state index contributed by atoms with van der Waals surface area (Å²) in [6, 6.07) is 16.2. The molecule has 2 aromatic carbocycles. The van der Waals surface area contributed by atoms with Crippen molar-refractivity contribution in [2.75, 3.05) is 13.6 Å². The van der Waals surface area contributed by atoms with Crippen LogP contribution < -0.4 is 0 Å². The van der Waals surface area contributed by atoms with Crippen LogP contribution in [-0.2, 0) is 12.7 Å². The normalized spacial score (nSPS) is 18.3. The number of halogens is 4. The molecule has 34 heavy (non-hydrogen) atoms. The zero-order valence-electron chi connectivity index (χ0n) is 18.7. The number of alkyl halides is 3. The molecule has 1 N–H and O–H groups in total. The number of amides is 1. The lowest BCUT2D eigenvalue weighted by Crippen LogP contribution is -2.36. The van der Waals surface area contributed by atoms with Crippen molar-refractivity contribution in [1.29, 1.82) is 0 Å². The molecular formula is C26H26ClF3N2O2. The fraction of sp³-hybridized carbons (Fsp3) is 0.346. The smallest absolute Gasteiger partial charge is 0.393 e. The Labute approximate surface area is 201 Å². The van der Waals surface area contributed by atoms with Crippen LogP contribution in [0.1, 0.15) is 41.0 Å². The minimum atomic E-state index is -4.66. The molecule has 2 atom stereocenters. The average Bonchev–Trinajstić information content (AvgIpc) is 3.38. The first-order valence-corrected chi connectivity index (χ1v) is 11.6. The standard InChI is InChI=1S/C26H26ClF3N2O2/c1-31(16-19-8-5-9-22(19)33)25(34)24-21(18-10-12-20(27)13-11-18)14-23(26(28,29)30)32(24)15-17-6-3-2-4-7-17/h2-4,6-7,10-14,19,22,33H,5,8-9,15-16H2,1H3/t19-,22-/m0/s1. The lowest BCUT2D eigenvalue weighted by Gasteiger charge is -2.25. The molecule has 1 aliphatic rings. The number of nitrogens with zero attached hydrogens (tertiary/aromatic N) is 2. The van der Waals surface area contributed by atoms with E-state index >= 15 is 0 Å². The van der Waals surface area contributed by atoms with Crippen LogP contribution in [0.2, 0.25) is 5.02 Å². The molecule has 4 rings (SSSR count). The van der Waals surface area contributed by atoms with Gasteiger partial charge in [0.15, 0.2) is 0 Å². The van der Waals surface area contributed by atoms with Crippen molar-refractivity contribution >= 4 is 17.5 Å². The van der Waals surface area contributed by atoms with Crippen LogP contribution in [0.5, 0.6) is 0 Å². The predicted molar refractivity (Wildman–Crippen MR) is 126 cm³/mol. The number of aliphatic hydroxyl groups excluding tert-OH is 1. The van der Waals surface area contributed by atoms with Crippen molar-refractivity contribution < 1.29 is 23.1 Å². The highest BCUT2D eigenvalue weighted by Gasteiger charge is 2.39. The SMILES string of the molecule is CN(C[C@@H]1CCC[C@@H]1O)C(=O)c1c(-c2ccc(Cl)cc2)cc(C(F)(F)F)n1Cc1ccccc1. The van der Waals surface area contributed by atoms with Gasteiger partial charge in [-0.25, -0.2) is 0 Å². The molecule has 3 aromatic rings. The molecule has 180 valence electrons. The fourth-order valence-electron chi connectivity index (χ4n) is 4.64. The first-order chi connectivity index (χ1) is 16.1. The van der Waals surface area contributed by atoms with Crippen LogP contribution in [0.4, 0.5) is 13.2 Å². The second kappa shape index (κ2) is 9.84. The summed E-state index contributed by atoms with van der Waals surface area (Å²) < 4.78 is 43.6. The molecule has 1 amide bonds. The van der Waals surface area contributed by atoms with E-state index in [1.54, 1.807) is 61.6 Å². The number of aromatic nitrogens is 1. The summed E-state index contributed by atoms with van der Waals surface area (Å²) in [5, 5.41) is 10.7. The molecule has 0 saturated heterocycles. The van der Waals surface area contributed by atoms with Crippen molar-refractivity contribution in [2.45, 2.75) is 38.1 Å². The van der Waals surface area contributed by atoms with Gasteiger partial charge in [0.25, 0.3) is 5.91 Å². The quantitative estimate of drug-likeness (QED) is 0.453. The van der Waals surface area contributed by atoms with E-state index in [4.69, 9.17) is 11.6 Å². The number of hydrogen-bond acceptors (Lipinski definition) is 2. The molecule has 1 heterocycles. The molecule has 4 nitrogen and oxygen atoms in total. The van der Waals surface area contributed by atoms with Gasteiger partial charge in [0.2, 0.25) is 0 Å². The number of aliphatic hydroxyl groups is 1. The predicted octanol–water partition coefficient (Wildman–Crippen LogP) is 6.11. The van der Waals surface area contributed by atoms with Crippen molar-refractivity contribution in [3.63, 3.8) is 0 Å². The molecule has 8 heteroatoms. The van der Waals surface area contributed by atoms with E-state index in [9.17, 15) is 23.1 Å². The zero-order chi connectivity index (χ0) is 24.5. The lowest BCUT2D eigenvalue weighted by molar-refractivity contribution is -0.143. The second-order valence-electron chi connectivity index (χ2n) is 8.81. The minimum absolute atomic E-state index is 0.0338. The van der Waals surface area contributed by atoms with Crippen molar-refractivity contribution in [1.82, 2.24) is 9.47 Å². The van der Waals surface area contributed by atoms with Crippen LogP contribution in [0.15, 0.2) is 60.7 Å². The summed E-state index contributed by atoms with van der Waals surface area (Å²) >= 11 is 5.99. The first kappa shape index (κ1) is 24.4. The molecular weight excluding hydrogens is 465 g/mol. The number of hydrogen-bond donors (Lipinski definition) is 1. The average molecular weight is 491 g/mol. The Hall–Kier alpha value is -2.77. The molecule has 0 spiro atoms. The van der Waals surface area contributed by atoms with Gasteiger partial charge in [0.1, 0.15) is 11.4 Å². The van der Waals surface area contributed by atoms with E-state index in [1.165, 1.54) is 4.90 Å². The zero-order valence-corrected chi connectivity index (χ0v) is 19.5. The summed E-state index contributed by atoms with van der Waals surface area (Å²) in [5.74, 6) is -0.608. The Kier molecular flexibility index (Phi) is 7.05. The molecule has 1 aliphatic carbocycles. The molecule has 0 radical (unpaired) electrons. The highest BCUT2D eigenvalue weighted by Crippen LogP contribution is 2.38. The van der Waals surface area contributed by atoms with Gasteiger partial charge in [0, 0.05) is 36.6 Å². The number of carbonyl (C=O) groups is 1. The molecule has 1 fully saturated rings. The van der Waals surface area contributed by atoms with Crippen molar-refractivity contribution in [3.05, 3.63) is 82.6 Å². The Bertz CT molecular complexity index is 1140. The van der Waals surface area contributed by atoms with Gasteiger partial charge in [-0.2, -0.15) is 13.2 Å². The van der Waals surface area contributed by atoms with Gasteiger partial charge >= 0.3 is 6.18 Å². The first-order valence-electron chi connectivity index (χ1n) is 11.2. The van der Waals surface area contributed by atoms with Crippen LogP contribution >= 0.6 is 11.6 Å². The van der Waals surface area contributed by atoms with E-state index in [1.807, 2.05) is 0 Å². The monoisotopic (exact) mass is 490 g/mol. The van der Waals surface area contributed by atoms with Crippen molar-refractivity contribution in [3.8, 4) is 11.1 Å². The fourth-order valence-corrected chi connectivity index (χ4v) is 4.77. The maximum absolute atomic E-state index is 14.2. The maximum atomic E-state index is 14.2. The largest absolute Gasteiger partial charge is 0.431 e. The van der Waals surface area contributed by atoms with Gasteiger partial charge in [-0.05, 0) is 42.2 Å². The summed E-state index contributed by atoms with van der Waals surface area (Å²) in [4.78, 5) is 15.1.